The van der Waals surface area contributed by atoms with Crippen LogP contribution in [-0.2, 0) is 12.8 Å². The normalized spacial score (nSPS) is 10.2. The third-order valence-corrected chi connectivity index (χ3v) is 2.77. The lowest BCUT2D eigenvalue weighted by molar-refractivity contribution is 0.0690. The van der Waals surface area contributed by atoms with Crippen LogP contribution in [0.4, 0.5) is 0 Å². The van der Waals surface area contributed by atoms with Crippen molar-refractivity contribution in [3.8, 4) is 5.75 Å². The van der Waals surface area contributed by atoms with Crippen molar-refractivity contribution in [3.05, 3.63) is 53.6 Å². The van der Waals surface area contributed by atoms with E-state index in [0.29, 0.717) is 6.42 Å². The number of aryl methyl sites for hydroxylation is 2. The molecule has 0 radical (unpaired) electrons. The first-order chi connectivity index (χ1) is 9.19. The number of hydrogen-bond acceptors (Lipinski definition) is 4. The van der Waals surface area contributed by atoms with Gasteiger partial charge in [0.1, 0.15) is 12.1 Å². The molecule has 0 amide bonds. The highest BCUT2D eigenvalue weighted by atomic mass is 16.5. The number of rotatable bonds is 5. The molecular weight excluding hydrogens is 244 g/mol. The predicted molar refractivity (Wildman–Crippen MR) is 69.4 cm³/mol. The number of nitrogens with zero attached hydrogens (tertiary/aromatic N) is 2. The smallest absolute Gasteiger partial charge is 0.354 e. The van der Waals surface area contributed by atoms with E-state index in [0.717, 1.165) is 23.4 Å². The fourth-order valence-corrected chi connectivity index (χ4v) is 1.72. The zero-order valence-electron chi connectivity index (χ0n) is 10.5. The van der Waals surface area contributed by atoms with Crippen LogP contribution in [0, 0.1) is 0 Å². The highest BCUT2D eigenvalue weighted by Crippen LogP contribution is 2.13. The maximum atomic E-state index is 10.8. The highest BCUT2D eigenvalue weighted by Gasteiger charge is 2.06. The SMILES string of the molecule is COc1ccc(CCc2cc(C(=O)O)ncn2)cc1. The van der Waals surface area contributed by atoms with Gasteiger partial charge in [-0.2, -0.15) is 0 Å². The number of carbonyl (C=O) groups is 1. The Labute approximate surface area is 110 Å². The molecule has 1 N–H and O–H groups in total. The highest BCUT2D eigenvalue weighted by molar-refractivity contribution is 5.85. The molecule has 0 unspecified atom stereocenters. The number of carboxylic acid groups (broad SMARTS) is 1. The summed E-state index contributed by atoms with van der Waals surface area (Å²) in [6.45, 7) is 0. The second-order valence-electron chi connectivity index (χ2n) is 4.05. The van der Waals surface area contributed by atoms with E-state index in [1.165, 1.54) is 12.4 Å². The Kier molecular flexibility index (Phi) is 4.07. The van der Waals surface area contributed by atoms with Crippen molar-refractivity contribution in [1.82, 2.24) is 9.97 Å². The number of methoxy groups -OCH3 is 1. The molecule has 2 rings (SSSR count). The molecule has 0 spiro atoms. The van der Waals surface area contributed by atoms with Crippen molar-refractivity contribution in [2.24, 2.45) is 0 Å². The number of ether oxygens (including phenoxy) is 1. The van der Waals surface area contributed by atoms with Gasteiger partial charge in [-0.3, -0.25) is 0 Å². The third-order valence-electron chi connectivity index (χ3n) is 2.77. The molecule has 0 saturated heterocycles. The summed E-state index contributed by atoms with van der Waals surface area (Å²) >= 11 is 0. The van der Waals surface area contributed by atoms with Crippen molar-refractivity contribution in [3.63, 3.8) is 0 Å². The molecule has 0 atom stereocenters. The van der Waals surface area contributed by atoms with E-state index in [4.69, 9.17) is 9.84 Å². The number of carboxylic acids is 1. The first kappa shape index (κ1) is 13.0. The molecule has 0 saturated carbocycles. The van der Waals surface area contributed by atoms with Crippen molar-refractivity contribution < 1.29 is 14.6 Å². The minimum Gasteiger partial charge on any atom is -0.497 e. The lowest BCUT2D eigenvalue weighted by Gasteiger charge is -2.04. The molecule has 0 aliphatic carbocycles. The zero-order chi connectivity index (χ0) is 13.7. The van der Waals surface area contributed by atoms with E-state index < -0.39 is 5.97 Å². The van der Waals surface area contributed by atoms with Crippen LogP contribution < -0.4 is 4.74 Å². The first-order valence-electron chi connectivity index (χ1n) is 5.86. The van der Waals surface area contributed by atoms with Crippen LogP contribution in [0.1, 0.15) is 21.7 Å². The summed E-state index contributed by atoms with van der Waals surface area (Å²) in [4.78, 5) is 18.6. The summed E-state index contributed by atoms with van der Waals surface area (Å²) < 4.78 is 5.09. The minimum atomic E-state index is -1.03. The Balaban J connectivity index is 2.01. The molecule has 5 heteroatoms. The molecule has 98 valence electrons. The van der Waals surface area contributed by atoms with Crippen LogP contribution in [-0.4, -0.2) is 28.2 Å². The van der Waals surface area contributed by atoms with Crippen LogP contribution in [0.5, 0.6) is 5.75 Å². The fourth-order valence-electron chi connectivity index (χ4n) is 1.72. The van der Waals surface area contributed by atoms with Crippen molar-refractivity contribution >= 4 is 5.97 Å². The van der Waals surface area contributed by atoms with Gasteiger partial charge >= 0.3 is 5.97 Å². The molecule has 0 fully saturated rings. The van der Waals surface area contributed by atoms with E-state index in [-0.39, 0.29) is 5.69 Å². The summed E-state index contributed by atoms with van der Waals surface area (Å²) in [7, 11) is 1.63. The van der Waals surface area contributed by atoms with E-state index in [9.17, 15) is 4.79 Å². The third kappa shape index (κ3) is 3.51. The summed E-state index contributed by atoms with van der Waals surface area (Å²) in [5, 5.41) is 8.85. The molecule has 0 bridgehead atoms. The standard InChI is InChI=1S/C14H14N2O3/c1-19-12-6-3-10(4-7-12)2-5-11-8-13(14(17)18)16-9-15-11/h3-4,6-9H,2,5H2,1H3,(H,17,18). The predicted octanol–water partition coefficient (Wildman–Crippen LogP) is 1.97. The van der Waals surface area contributed by atoms with Gasteiger partial charge in [-0.15, -0.1) is 0 Å². The van der Waals surface area contributed by atoms with E-state index in [2.05, 4.69) is 9.97 Å². The molecule has 5 nitrogen and oxygen atoms in total. The Morgan fingerprint density at radius 3 is 2.58 bits per heavy atom. The van der Waals surface area contributed by atoms with Gasteiger partial charge in [0.15, 0.2) is 5.69 Å². The topological polar surface area (TPSA) is 72.3 Å². The average Bonchev–Trinajstić information content (AvgIpc) is 2.46. The van der Waals surface area contributed by atoms with Crippen LogP contribution in [0.3, 0.4) is 0 Å². The van der Waals surface area contributed by atoms with Gasteiger partial charge < -0.3 is 9.84 Å². The first-order valence-corrected chi connectivity index (χ1v) is 5.86. The Bertz CT molecular complexity index is 567. The largest absolute Gasteiger partial charge is 0.497 e. The van der Waals surface area contributed by atoms with E-state index >= 15 is 0 Å². The lowest BCUT2D eigenvalue weighted by Crippen LogP contribution is -2.03. The number of aromatic carboxylic acids is 1. The molecule has 1 aromatic heterocycles. The minimum absolute atomic E-state index is 0.0275. The molecule has 2 aromatic rings. The summed E-state index contributed by atoms with van der Waals surface area (Å²) in [5.41, 5.74) is 1.90. The Hall–Kier alpha value is -2.43. The molecule has 0 aliphatic rings. The molecule has 19 heavy (non-hydrogen) atoms. The van der Waals surface area contributed by atoms with Crippen LogP contribution in [0.25, 0.3) is 0 Å². The maximum Gasteiger partial charge on any atom is 0.354 e. The molecule has 1 aromatic carbocycles. The van der Waals surface area contributed by atoms with Gasteiger partial charge in [0.05, 0.1) is 7.11 Å². The summed E-state index contributed by atoms with van der Waals surface area (Å²) in [5.74, 6) is -0.216. The zero-order valence-corrected chi connectivity index (χ0v) is 10.5. The van der Waals surface area contributed by atoms with Crippen molar-refractivity contribution in [1.29, 1.82) is 0 Å². The van der Waals surface area contributed by atoms with Crippen LogP contribution >= 0.6 is 0 Å². The van der Waals surface area contributed by atoms with Gasteiger partial charge in [0.2, 0.25) is 0 Å². The summed E-state index contributed by atoms with van der Waals surface area (Å²) in [6.07, 6.45) is 2.75. The van der Waals surface area contributed by atoms with Crippen molar-refractivity contribution in [2.75, 3.05) is 7.11 Å². The molecule has 1 heterocycles. The van der Waals surface area contributed by atoms with Gasteiger partial charge in [-0.05, 0) is 36.6 Å². The summed E-state index contributed by atoms with van der Waals surface area (Å²) in [6, 6.07) is 9.28. The van der Waals surface area contributed by atoms with Gasteiger partial charge in [-0.25, -0.2) is 14.8 Å². The van der Waals surface area contributed by atoms with E-state index in [1.54, 1.807) is 7.11 Å². The van der Waals surface area contributed by atoms with Crippen LogP contribution in [0.15, 0.2) is 36.7 Å². The number of hydrogen-bond donors (Lipinski definition) is 1. The Morgan fingerprint density at radius 1 is 1.21 bits per heavy atom. The monoisotopic (exact) mass is 258 g/mol. The number of benzene rings is 1. The molecular formula is C14H14N2O3. The molecule has 0 aliphatic heterocycles. The quantitative estimate of drug-likeness (QED) is 0.887. The van der Waals surface area contributed by atoms with Crippen molar-refractivity contribution in [2.45, 2.75) is 12.8 Å². The second-order valence-corrected chi connectivity index (χ2v) is 4.05. The second kappa shape index (κ2) is 5.95. The maximum absolute atomic E-state index is 10.8. The van der Waals surface area contributed by atoms with Gasteiger partial charge in [-0.1, -0.05) is 12.1 Å². The Morgan fingerprint density at radius 2 is 1.95 bits per heavy atom. The lowest BCUT2D eigenvalue weighted by atomic mass is 10.1. The number of aromatic nitrogens is 2. The van der Waals surface area contributed by atoms with Crippen LogP contribution in [0.2, 0.25) is 0 Å². The fraction of sp³-hybridized carbons (Fsp3) is 0.214. The van der Waals surface area contributed by atoms with Gasteiger partial charge in [0, 0.05) is 5.69 Å². The van der Waals surface area contributed by atoms with E-state index in [1.807, 2.05) is 24.3 Å². The van der Waals surface area contributed by atoms with Gasteiger partial charge in [0.25, 0.3) is 0 Å². The average molecular weight is 258 g/mol.